The molecule has 8 nitrogen and oxygen atoms in total. The molecular weight excluding hydrogens is 433 g/mol. The van der Waals surface area contributed by atoms with Crippen molar-refractivity contribution in [3.05, 3.63) is 41.2 Å². The minimum absolute atomic E-state index is 0.0280. The van der Waals surface area contributed by atoms with Crippen LogP contribution >= 0.6 is 11.3 Å². The number of benzene rings is 1. The second kappa shape index (κ2) is 9.52. The predicted molar refractivity (Wildman–Crippen MR) is 109 cm³/mol. The number of piperidine rings is 1. The molecule has 0 radical (unpaired) electrons. The van der Waals surface area contributed by atoms with Crippen LogP contribution in [0.1, 0.15) is 25.0 Å². The Labute approximate surface area is 178 Å². The van der Waals surface area contributed by atoms with E-state index in [0.29, 0.717) is 38.0 Å². The number of sulfonamides is 1. The fourth-order valence-corrected chi connectivity index (χ4v) is 5.18. The van der Waals surface area contributed by atoms with E-state index in [4.69, 9.17) is 4.74 Å². The molecule has 1 amide bonds. The van der Waals surface area contributed by atoms with E-state index in [0.717, 1.165) is 23.5 Å². The molecule has 0 atom stereocenters. The number of methoxy groups -OCH3 is 1. The van der Waals surface area contributed by atoms with Crippen LogP contribution in [0.15, 0.2) is 34.5 Å². The van der Waals surface area contributed by atoms with Gasteiger partial charge in [0.15, 0.2) is 5.13 Å². The highest BCUT2D eigenvalue weighted by Gasteiger charge is 2.27. The molecule has 11 heteroatoms. The molecule has 1 aromatic heterocycles. The van der Waals surface area contributed by atoms with Crippen molar-refractivity contribution >= 4 is 38.4 Å². The summed E-state index contributed by atoms with van der Waals surface area (Å²) in [7, 11) is -2.50. The summed E-state index contributed by atoms with van der Waals surface area (Å²) in [5, 5.41) is 1.87. The third-order valence-electron chi connectivity index (χ3n) is 4.87. The molecular formula is C19H22FN3O5S2. The molecule has 1 fully saturated rings. The van der Waals surface area contributed by atoms with E-state index in [1.807, 2.05) is 0 Å². The molecule has 2 aromatic rings. The zero-order valence-electron chi connectivity index (χ0n) is 16.3. The molecule has 0 saturated carbocycles. The number of carbonyl (C=O) groups excluding carboxylic acids is 2. The number of rotatable bonds is 7. The minimum atomic E-state index is -3.86. The number of ether oxygens (including phenoxy) is 1. The van der Waals surface area contributed by atoms with Crippen molar-refractivity contribution in [1.29, 1.82) is 0 Å². The second-order valence-corrected chi connectivity index (χ2v) is 9.42. The molecule has 2 heterocycles. The van der Waals surface area contributed by atoms with Gasteiger partial charge in [0.1, 0.15) is 5.82 Å². The molecule has 1 N–H and O–H groups in total. The van der Waals surface area contributed by atoms with Crippen molar-refractivity contribution in [3.8, 4) is 0 Å². The van der Waals surface area contributed by atoms with Crippen molar-refractivity contribution in [1.82, 2.24) is 9.88 Å². The van der Waals surface area contributed by atoms with Gasteiger partial charge < -0.3 is 9.64 Å². The smallest absolute Gasteiger partial charge is 0.308 e. The Morgan fingerprint density at radius 2 is 1.93 bits per heavy atom. The Hall–Kier alpha value is -2.53. The topological polar surface area (TPSA) is 106 Å². The van der Waals surface area contributed by atoms with Crippen LogP contribution in [0.25, 0.3) is 0 Å². The van der Waals surface area contributed by atoms with E-state index in [-0.39, 0.29) is 34.2 Å². The molecule has 1 aliphatic rings. The Morgan fingerprint density at radius 1 is 1.27 bits per heavy atom. The third-order valence-corrected chi connectivity index (χ3v) is 7.17. The van der Waals surface area contributed by atoms with Gasteiger partial charge in [-0.15, -0.1) is 11.3 Å². The summed E-state index contributed by atoms with van der Waals surface area (Å²) in [6.07, 6.45) is 1.80. The van der Waals surface area contributed by atoms with Crippen molar-refractivity contribution < 1.29 is 27.1 Å². The third kappa shape index (κ3) is 5.54. The van der Waals surface area contributed by atoms with Crippen LogP contribution in [0.4, 0.5) is 9.52 Å². The highest BCUT2D eigenvalue weighted by Crippen LogP contribution is 2.22. The summed E-state index contributed by atoms with van der Waals surface area (Å²) in [6.45, 7) is 1.02. The molecule has 1 aliphatic heterocycles. The normalized spacial score (nSPS) is 15.1. The number of carbonyl (C=O) groups is 2. The lowest BCUT2D eigenvalue weighted by Gasteiger charge is -2.30. The number of aromatic nitrogens is 1. The summed E-state index contributed by atoms with van der Waals surface area (Å²) >= 11 is 1.12. The van der Waals surface area contributed by atoms with Gasteiger partial charge in [-0.3, -0.25) is 14.3 Å². The van der Waals surface area contributed by atoms with Crippen LogP contribution in [0.5, 0.6) is 0 Å². The molecule has 30 heavy (non-hydrogen) atoms. The van der Waals surface area contributed by atoms with Crippen LogP contribution in [0.3, 0.4) is 0 Å². The molecule has 0 aliphatic carbocycles. The monoisotopic (exact) mass is 455 g/mol. The molecule has 0 bridgehead atoms. The first-order valence-electron chi connectivity index (χ1n) is 9.37. The summed E-state index contributed by atoms with van der Waals surface area (Å²) < 4.78 is 44.8. The number of amides is 1. The fraction of sp³-hybridized carbons (Fsp3) is 0.421. The van der Waals surface area contributed by atoms with Crippen LogP contribution in [-0.4, -0.2) is 50.4 Å². The lowest BCUT2D eigenvalue weighted by molar-refractivity contribution is -0.148. The lowest BCUT2D eigenvalue weighted by atomic mass is 9.97. The van der Waals surface area contributed by atoms with Crippen LogP contribution in [-0.2, 0) is 30.8 Å². The van der Waals surface area contributed by atoms with Crippen LogP contribution in [0, 0.1) is 11.7 Å². The van der Waals surface area contributed by atoms with Gasteiger partial charge in [-0.1, -0.05) is 0 Å². The highest BCUT2D eigenvalue weighted by atomic mass is 32.2. The maximum absolute atomic E-state index is 13.0. The first-order chi connectivity index (χ1) is 14.3. The maximum Gasteiger partial charge on any atom is 0.308 e. The fourth-order valence-electron chi connectivity index (χ4n) is 3.18. The van der Waals surface area contributed by atoms with Crippen molar-refractivity contribution in [2.75, 3.05) is 24.9 Å². The van der Waals surface area contributed by atoms with Gasteiger partial charge in [0.2, 0.25) is 5.91 Å². The number of thiazole rings is 1. The van der Waals surface area contributed by atoms with Gasteiger partial charge in [-0.25, -0.2) is 17.8 Å². The van der Waals surface area contributed by atoms with Crippen molar-refractivity contribution in [2.24, 2.45) is 5.92 Å². The molecule has 1 saturated heterocycles. The second-order valence-electron chi connectivity index (χ2n) is 6.88. The number of halogens is 1. The molecule has 1 aromatic carbocycles. The van der Waals surface area contributed by atoms with E-state index >= 15 is 0 Å². The Morgan fingerprint density at radius 3 is 2.57 bits per heavy atom. The molecule has 3 rings (SSSR count). The zero-order chi connectivity index (χ0) is 21.7. The lowest BCUT2D eigenvalue weighted by Crippen LogP contribution is -2.40. The first-order valence-corrected chi connectivity index (χ1v) is 11.7. The molecule has 0 spiro atoms. The maximum atomic E-state index is 13.0. The van der Waals surface area contributed by atoms with Gasteiger partial charge in [-0.05, 0) is 43.5 Å². The van der Waals surface area contributed by atoms with Crippen LogP contribution in [0.2, 0.25) is 0 Å². The number of nitrogens with zero attached hydrogens (tertiary/aromatic N) is 2. The highest BCUT2D eigenvalue weighted by molar-refractivity contribution is 7.93. The Bertz CT molecular complexity index is 999. The van der Waals surface area contributed by atoms with E-state index in [1.54, 1.807) is 10.3 Å². The quantitative estimate of drug-likeness (QED) is 0.643. The number of esters is 1. The summed E-state index contributed by atoms with van der Waals surface area (Å²) in [5.74, 6) is -0.945. The predicted octanol–water partition coefficient (Wildman–Crippen LogP) is 2.43. The molecule has 0 unspecified atom stereocenters. The largest absolute Gasteiger partial charge is 0.469 e. The van der Waals surface area contributed by atoms with Gasteiger partial charge in [0.05, 0.1) is 23.6 Å². The van der Waals surface area contributed by atoms with Gasteiger partial charge in [-0.2, -0.15) is 0 Å². The summed E-state index contributed by atoms with van der Waals surface area (Å²) in [4.78, 5) is 29.9. The number of likely N-dealkylation sites (tertiary alicyclic amines) is 1. The number of aryl methyl sites for hydroxylation is 1. The number of hydrogen-bond donors (Lipinski definition) is 1. The van der Waals surface area contributed by atoms with E-state index in [2.05, 4.69) is 9.71 Å². The number of anilines is 1. The number of hydrogen-bond acceptors (Lipinski definition) is 7. The van der Waals surface area contributed by atoms with Gasteiger partial charge in [0.25, 0.3) is 10.0 Å². The van der Waals surface area contributed by atoms with Crippen LogP contribution < -0.4 is 4.72 Å². The summed E-state index contributed by atoms with van der Waals surface area (Å²) in [6, 6.07) is 4.49. The first kappa shape index (κ1) is 22.2. The molecule has 162 valence electrons. The van der Waals surface area contributed by atoms with Crippen molar-refractivity contribution in [2.45, 2.75) is 30.6 Å². The van der Waals surface area contributed by atoms with Gasteiger partial charge in [0, 0.05) is 24.9 Å². The Balaban J connectivity index is 1.50. The van der Waals surface area contributed by atoms with E-state index in [1.165, 1.54) is 19.2 Å². The standard InChI is InChI=1S/C19H22FN3O5S2/c1-28-18(25)13-8-10-23(11-9-13)17(24)7-4-15-12-29-19(21-15)22-30(26,27)16-5-2-14(20)3-6-16/h2-3,5-6,12-13H,4,7-11H2,1H3,(H,21,22). The minimum Gasteiger partial charge on any atom is -0.469 e. The zero-order valence-corrected chi connectivity index (χ0v) is 18.0. The van der Waals surface area contributed by atoms with E-state index < -0.39 is 15.8 Å². The Kier molecular flexibility index (Phi) is 7.03. The van der Waals surface area contributed by atoms with Crippen molar-refractivity contribution in [3.63, 3.8) is 0 Å². The average molecular weight is 456 g/mol. The average Bonchev–Trinajstić information content (AvgIpc) is 3.18. The number of nitrogens with one attached hydrogen (secondary N) is 1. The SMILES string of the molecule is COC(=O)C1CCN(C(=O)CCc2csc(NS(=O)(=O)c3ccc(F)cc3)n2)CC1. The van der Waals surface area contributed by atoms with E-state index in [9.17, 15) is 22.4 Å². The van der Waals surface area contributed by atoms with Gasteiger partial charge >= 0.3 is 5.97 Å². The summed E-state index contributed by atoms with van der Waals surface area (Å²) in [5.41, 5.74) is 0.606.